The molecular weight excluding hydrogens is 432 g/mol. The molecule has 3 aromatic rings. The third-order valence-corrected chi connectivity index (χ3v) is 7.44. The van der Waals surface area contributed by atoms with Gasteiger partial charge in [-0.2, -0.15) is 15.1 Å². The summed E-state index contributed by atoms with van der Waals surface area (Å²) in [6.45, 7) is 5.47. The lowest BCUT2D eigenvalue weighted by molar-refractivity contribution is 0.00791. The summed E-state index contributed by atoms with van der Waals surface area (Å²) in [4.78, 5) is 15.4. The molecule has 0 radical (unpaired) electrons. The van der Waals surface area contributed by atoms with Gasteiger partial charge >= 0.3 is 0 Å². The number of aromatic nitrogens is 5. The molecule has 3 aromatic heterocycles. The number of H-pyrrole nitrogens is 1. The van der Waals surface area contributed by atoms with Crippen molar-refractivity contribution in [2.24, 2.45) is 0 Å². The van der Waals surface area contributed by atoms with E-state index >= 15 is 0 Å². The molecule has 0 amide bonds. The van der Waals surface area contributed by atoms with Crippen LogP contribution in [0.2, 0.25) is 0 Å². The molecular formula is C24H34N8O2. The van der Waals surface area contributed by atoms with Crippen LogP contribution in [0.15, 0.2) is 24.7 Å². The largest absolute Gasteiger partial charge is 0.381 e. The molecule has 0 aromatic carbocycles. The average Bonchev–Trinajstić information content (AvgIpc) is 3.56. The summed E-state index contributed by atoms with van der Waals surface area (Å²) in [7, 11) is 0. The van der Waals surface area contributed by atoms with Gasteiger partial charge in [0.15, 0.2) is 0 Å². The number of anilines is 3. The fourth-order valence-electron chi connectivity index (χ4n) is 5.51. The maximum Gasteiger partial charge on any atom is 0.231 e. The first kappa shape index (κ1) is 21.8. The Hall–Kier alpha value is -2.69. The number of rotatable bonds is 6. The van der Waals surface area contributed by atoms with Crippen molar-refractivity contribution in [2.75, 3.05) is 50.2 Å². The van der Waals surface area contributed by atoms with Gasteiger partial charge in [-0.1, -0.05) is 0 Å². The molecule has 3 N–H and O–H groups in total. The van der Waals surface area contributed by atoms with Crippen molar-refractivity contribution in [3.05, 3.63) is 24.7 Å². The van der Waals surface area contributed by atoms with Gasteiger partial charge in [-0.05, 0) is 44.6 Å². The molecule has 0 spiro atoms. The third kappa shape index (κ3) is 4.75. The topological polar surface area (TPSA) is 105 Å². The summed E-state index contributed by atoms with van der Waals surface area (Å²) < 4.78 is 13.0. The summed E-state index contributed by atoms with van der Waals surface area (Å²) in [5, 5.41) is 12.7. The number of morpholine rings is 1. The van der Waals surface area contributed by atoms with Crippen LogP contribution in [0.3, 0.4) is 0 Å². The maximum atomic E-state index is 5.52. The van der Waals surface area contributed by atoms with Gasteiger partial charge in [0.25, 0.3) is 0 Å². The van der Waals surface area contributed by atoms with E-state index in [0.29, 0.717) is 24.1 Å². The molecule has 3 aliphatic rings. The summed E-state index contributed by atoms with van der Waals surface area (Å²) in [6.07, 6.45) is 12.5. The number of fused-ring (bicyclic) bond motifs is 1. The second-order valence-corrected chi connectivity index (χ2v) is 9.61. The molecule has 2 aliphatic heterocycles. The minimum absolute atomic E-state index is 0.390. The number of ether oxygens (including phenoxy) is 2. The van der Waals surface area contributed by atoms with Crippen molar-refractivity contribution in [1.82, 2.24) is 29.6 Å². The van der Waals surface area contributed by atoms with Crippen LogP contribution >= 0.6 is 0 Å². The van der Waals surface area contributed by atoms with E-state index in [1.165, 1.54) is 12.8 Å². The number of hydrogen-bond acceptors (Lipinski definition) is 8. The number of hydrogen-bond donors (Lipinski definition) is 3. The van der Waals surface area contributed by atoms with Gasteiger partial charge in [0, 0.05) is 50.8 Å². The molecule has 10 heteroatoms. The Bertz CT molecular complexity index is 1080. The monoisotopic (exact) mass is 466 g/mol. The number of nitrogens with zero attached hydrogens (tertiary/aromatic N) is 5. The zero-order valence-corrected chi connectivity index (χ0v) is 19.6. The fourth-order valence-corrected chi connectivity index (χ4v) is 5.51. The van der Waals surface area contributed by atoms with Gasteiger partial charge in [0.1, 0.15) is 11.5 Å². The molecule has 10 nitrogen and oxygen atoms in total. The summed E-state index contributed by atoms with van der Waals surface area (Å²) >= 11 is 0. The average molecular weight is 467 g/mol. The Labute approximate surface area is 199 Å². The zero-order chi connectivity index (χ0) is 22.7. The lowest BCUT2D eigenvalue weighted by Crippen LogP contribution is -2.46. The SMILES string of the molecule is c1cc2c(NC3CCC(N4CCOCC4)CC3)nc(Nc3cnn(C4CCOCC4)c3)nc2[nH]1. The van der Waals surface area contributed by atoms with Gasteiger partial charge in [0.05, 0.1) is 36.5 Å². The molecule has 0 atom stereocenters. The van der Waals surface area contributed by atoms with Crippen LogP contribution < -0.4 is 10.6 Å². The highest BCUT2D eigenvalue weighted by Crippen LogP contribution is 2.29. The molecule has 5 heterocycles. The highest BCUT2D eigenvalue weighted by Gasteiger charge is 2.27. The first-order chi connectivity index (χ1) is 16.8. The van der Waals surface area contributed by atoms with Gasteiger partial charge in [-0.3, -0.25) is 9.58 Å². The highest BCUT2D eigenvalue weighted by molar-refractivity contribution is 5.88. The second kappa shape index (κ2) is 9.89. The van der Waals surface area contributed by atoms with E-state index < -0.39 is 0 Å². The normalized spacial score (nSPS) is 24.9. The van der Waals surface area contributed by atoms with E-state index in [4.69, 9.17) is 14.5 Å². The van der Waals surface area contributed by atoms with Gasteiger partial charge in [-0.25, -0.2) is 0 Å². The fraction of sp³-hybridized carbons (Fsp3) is 0.625. The van der Waals surface area contributed by atoms with Crippen molar-refractivity contribution in [1.29, 1.82) is 0 Å². The number of aromatic amines is 1. The predicted molar refractivity (Wildman–Crippen MR) is 131 cm³/mol. The molecule has 1 aliphatic carbocycles. The molecule has 182 valence electrons. The lowest BCUT2D eigenvalue weighted by atomic mass is 9.90. The van der Waals surface area contributed by atoms with Crippen molar-refractivity contribution in [3.8, 4) is 0 Å². The van der Waals surface area contributed by atoms with E-state index in [1.807, 2.05) is 29.3 Å². The standard InChI is InChI=1S/C24H34N8O2/c1-3-19(31-9-13-34-14-10-31)4-2-17(1)27-23-21-5-8-25-22(21)29-24(30-23)28-18-15-26-32(16-18)20-6-11-33-12-7-20/h5,8,15-17,19-20H,1-4,6-7,9-14H2,(H3,25,27,28,29,30). The summed E-state index contributed by atoms with van der Waals surface area (Å²) in [5.74, 6) is 1.46. The second-order valence-electron chi connectivity index (χ2n) is 9.61. The Morgan fingerprint density at radius 1 is 0.912 bits per heavy atom. The van der Waals surface area contributed by atoms with Crippen LogP contribution in [0.4, 0.5) is 17.5 Å². The zero-order valence-electron chi connectivity index (χ0n) is 19.6. The van der Waals surface area contributed by atoms with Crippen molar-refractivity contribution in [3.63, 3.8) is 0 Å². The van der Waals surface area contributed by atoms with Crippen LogP contribution in [0, 0.1) is 0 Å². The predicted octanol–water partition coefficient (Wildman–Crippen LogP) is 3.30. The van der Waals surface area contributed by atoms with Gasteiger partial charge in [-0.15, -0.1) is 0 Å². The lowest BCUT2D eigenvalue weighted by Gasteiger charge is -2.39. The van der Waals surface area contributed by atoms with Gasteiger partial charge < -0.3 is 25.1 Å². The molecule has 3 fully saturated rings. The van der Waals surface area contributed by atoms with Crippen molar-refractivity contribution < 1.29 is 9.47 Å². The Kier molecular flexibility index (Phi) is 6.35. The van der Waals surface area contributed by atoms with E-state index in [1.54, 1.807) is 0 Å². The quantitative estimate of drug-likeness (QED) is 0.508. The van der Waals surface area contributed by atoms with E-state index in [-0.39, 0.29) is 0 Å². The molecule has 34 heavy (non-hydrogen) atoms. The Balaban J connectivity index is 1.13. The van der Waals surface area contributed by atoms with Crippen LogP contribution in [-0.4, -0.2) is 81.2 Å². The molecule has 2 saturated heterocycles. The van der Waals surface area contributed by atoms with E-state index in [9.17, 15) is 0 Å². The minimum Gasteiger partial charge on any atom is -0.381 e. The Morgan fingerprint density at radius 2 is 1.71 bits per heavy atom. The smallest absolute Gasteiger partial charge is 0.231 e. The van der Waals surface area contributed by atoms with E-state index in [0.717, 1.165) is 87.7 Å². The first-order valence-electron chi connectivity index (χ1n) is 12.6. The minimum atomic E-state index is 0.390. The van der Waals surface area contributed by atoms with Crippen LogP contribution in [0.1, 0.15) is 44.6 Å². The first-order valence-corrected chi connectivity index (χ1v) is 12.6. The molecule has 0 bridgehead atoms. The van der Waals surface area contributed by atoms with Crippen LogP contribution in [-0.2, 0) is 9.47 Å². The van der Waals surface area contributed by atoms with Crippen molar-refractivity contribution in [2.45, 2.75) is 56.7 Å². The van der Waals surface area contributed by atoms with E-state index in [2.05, 4.69) is 30.6 Å². The van der Waals surface area contributed by atoms with Crippen LogP contribution in [0.25, 0.3) is 11.0 Å². The van der Waals surface area contributed by atoms with Gasteiger partial charge in [0.2, 0.25) is 5.95 Å². The Morgan fingerprint density at radius 3 is 2.53 bits per heavy atom. The number of nitrogens with one attached hydrogen (secondary N) is 3. The third-order valence-electron chi connectivity index (χ3n) is 7.44. The van der Waals surface area contributed by atoms with Crippen molar-refractivity contribution >= 4 is 28.5 Å². The summed E-state index contributed by atoms with van der Waals surface area (Å²) in [5.41, 5.74) is 1.73. The molecule has 6 rings (SSSR count). The highest BCUT2D eigenvalue weighted by atomic mass is 16.5. The maximum absolute atomic E-state index is 5.52. The molecule has 0 unspecified atom stereocenters. The van der Waals surface area contributed by atoms with Crippen LogP contribution in [0.5, 0.6) is 0 Å². The molecule has 1 saturated carbocycles. The summed E-state index contributed by atoms with van der Waals surface area (Å²) in [6, 6.07) is 3.55.